The standard InChI is InChI=1S/C12H19N/c1-4-12(13-3)9-11-8-6-5-7-10(11)2/h5-8,12-13H,4,9H2,1-3H3. The molecule has 0 fully saturated rings. The number of aryl methyl sites for hydroxylation is 1. The van der Waals surface area contributed by atoms with E-state index in [1.165, 1.54) is 17.5 Å². The molecule has 0 saturated heterocycles. The van der Waals surface area contributed by atoms with Crippen molar-refractivity contribution in [3.63, 3.8) is 0 Å². The number of nitrogens with one attached hydrogen (secondary N) is 1. The zero-order chi connectivity index (χ0) is 9.68. The summed E-state index contributed by atoms with van der Waals surface area (Å²) in [4.78, 5) is 0. The molecule has 1 heteroatoms. The van der Waals surface area contributed by atoms with Gasteiger partial charge in [-0.15, -0.1) is 0 Å². The van der Waals surface area contributed by atoms with Crippen molar-refractivity contribution in [1.29, 1.82) is 0 Å². The van der Waals surface area contributed by atoms with Crippen LogP contribution >= 0.6 is 0 Å². The van der Waals surface area contributed by atoms with E-state index in [9.17, 15) is 0 Å². The van der Waals surface area contributed by atoms with E-state index in [2.05, 4.69) is 43.4 Å². The van der Waals surface area contributed by atoms with Crippen molar-refractivity contribution >= 4 is 0 Å². The van der Waals surface area contributed by atoms with Crippen LogP contribution in [0.3, 0.4) is 0 Å². The van der Waals surface area contributed by atoms with Gasteiger partial charge in [0.05, 0.1) is 0 Å². The average Bonchev–Trinajstić information content (AvgIpc) is 2.17. The van der Waals surface area contributed by atoms with E-state index < -0.39 is 0 Å². The van der Waals surface area contributed by atoms with Crippen LogP contribution in [0.2, 0.25) is 0 Å². The summed E-state index contributed by atoms with van der Waals surface area (Å²) in [5, 5.41) is 3.33. The van der Waals surface area contributed by atoms with Gasteiger partial charge in [0.1, 0.15) is 0 Å². The fourth-order valence-electron chi connectivity index (χ4n) is 1.56. The zero-order valence-electron chi connectivity index (χ0n) is 8.80. The maximum absolute atomic E-state index is 3.33. The molecule has 0 heterocycles. The molecule has 0 radical (unpaired) electrons. The number of likely N-dealkylation sites (N-methyl/N-ethyl adjacent to an activating group) is 1. The minimum atomic E-state index is 0.612. The molecule has 13 heavy (non-hydrogen) atoms. The highest BCUT2D eigenvalue weighted by atomic mass is 14.9. The Balaban J connectivity index is 2.67. The summed E-state index contributed by atoms with van der Waals surface area (Å²) in [7, 11) is 2.03. The number of benzene rings is 1. The van der Waals surface area contributed by atoms with Gasteiger partial charge in [-0.25, -0.2) is 0 Å². The third-order valence-electron chi connectivity index (χ3n) is 2.63. The van der Waals surface area contributed by atoms with Crippen LogP contribution < -0.4 is 5.32 Å². The molecule has 1 unspecified atom stereocenters. The largest absolute Gasteiger partial charge is 0.317 e. The van der Waals surface area contributed by atoms with Crippen molar-refractivity contribution in [3.05, 3.63) is 35.4 Å². The lowest BCUT2D eigenvalue weighted by Crippen LogP contribution is -2.26. The Kier molecular flexibility index (Phi) is 3.97. The number of hydrogen-bond acceptors (Lipinski definition) is 1. The molecule has 1 aromatic carbocycles. The molecule has 1 atom stereocenters. The molecule has 1 nitrogen and oxygen atoms in total. The predicted molar refractivity (Wildman–Crippen MR) is 58.0 cm³/mol. The molecule has 0 bridgehead atoms. The van der Waals surface area contributed by atoms with Crippen molar-refractivity contribution < 1.29 is 0 Å². The van der Waals surface area contributed by atoms with Crippen molar-refractivity contribution in [1.82, 2.24) is 5.32 Å². The summed E-state index contributed by atoms with van der Waals surface area (Å²) < 4.78 is 0. The van der Waals surface area contributed by atoms with Crippen molar-refractivity contribution in [2.75, 3.05) is 7.05 Å². The van der Waals surface area contributed by atoms with Crippen LogP contribution in [-0.2, 0) is 6.42 Å². The average molecular weight is 177 g/mol. The Hall–Kier alpha value is -0.820. The van der Waals surface area contributed by atoms with E-state index in [0.717, 1.165) is 6.42 Å². The van der Waals surface area contributed by atoms with Gasteiger partial charge in [0, 0.05) is 6.04 Å². The highest BCUT2D eigenvalue weighted by Gasteiger charge is 2.05. The van der Waals surface area contributed by atoms with Gasteiger partial charge < -0.3 is 5.32 Å². The summed E-state index contributed by atoms with van der Waals surface area (Å²) in [6.45, 7) is 4.40. The predicted octanol–water partition coefficient (Wildman–Crippen LogP) is 2.54. The van der Waals surface area contributed by atoms with Gasteiger partial charge in [-0.05, 0) is 37.9 Å². The van der Waals surface area contributed by atoms with Crippen LogP contribution in [0.5, 0.6) is 0 Å². The molecule has 1 N–H and O–H groups in total. The van der Waals surface area contributed by atoms with Gasteiger partial charge >= 0.3 is 0 Å². The SMILES string of the molecule is CCC(Cc1ccccc1C)NC. The van der Waals surface area contributed by atoms with Crippen molar-refractivity contribution in [2.45, 2.75) is 32.7 Å². The highest BCUT2D eigenvalue weighted by molar-refractivity contribution is 5.26. The normalized spacial score (nSPS) is 12.8. The number of hydrogen-bond donors (Lipinski definition) is 1. The second-order valence-corrected chi connectivity index (χ2v) is 3.52. The highest BCUT2D eigenvalue weighted by Crippen LogP contribution is 2.10. The molecule has 0 aliphatic heterocycles. The Labute approximate surface area is 81.2 Å². The summed E-state index contributed by atoms with van der Waals surface area (Å²) >= 11 is 0. The fraction of sp³-hybridized carbons (Fsp3) is 0.500. The Morgan fingerprint density at radius 1 is 1.31 bits per heavy atom. The van der Waals surface area contributed by atoms with E-state index in [1.807, 2.05) is 7.05 Å². The van der Waals surface area contributed by atoms with Crippen LogP contribution in [0.4, 0.5) is 0 Å². The maximum Gasteiger partial charge on any atom is 0.0102 e. The van der Waals surface area contributed by atoms with E-state index in [4.69, 9.17) is 0 Å². The first-order valence-corrected chi connectivity index (χ1v) is 4.99. The Morgan fingerprint density at radius 2 is 2.00 bits per heavy atom. The molecule has 0 amide bonds. The summed E-state index contributed by atoms with van der Waals surface area (Å²) in [6, 6.07) is 9.22. The van der Waals surface area contributed by atoms with Crippen LogP contribution in [0, 0.1) is 6.92 Å². The second-order valence-electron chi connectivity index (χ2n) is 3.52. The van der Waals surface area contributed by atoms with Crippen LogP contribution in [0.25, 0.3) is 0 Å². The molecule has 1 aromatic rings. The topological polar surface area (TPSA) is 12.0 Å². The lowest BCUT2D eigenvalue weighted by atomic mass is 10.00. The smallest absolute Gasteiger partial charge is 0.0102 e. The third-order valence-corrected chi connectivity index (χ3v) is 2.63. The summed E-state index contributed by atoms with van der Waals surface area (Å²) in [5.74, 6) is 0. The quantitative estimate of drug-likeness (QED) is 0.745. The molecule has 0 spiro atoms. The first-order valence-electron chi connectivity index (χ1n) is 4.99. The first kappa shape index (κ1) is 10.3. The minimum absolute atomic E-state index is 0.612. The zero-order valence-corrected chi connectivity index (χ0v) is 8.80. The summed E-state index contributed by atoms with van der Waals surface area (Å²) in [6.07, 6.45) is 2.32. The van der Waals surface area contributed by atoms with Gasteiger partial charge in [0.15, 0.2) is 0 Å². The van der Waals surface area contributed by atoms with Crippen molar-refractivity contribution in [3.8, 4) is 0 Å². The van der Waals surface area contributed by atoms with E-state index in [1.54, 1.807) is 0 Å². The van der Waals surface area contributed by atoms with E-state index in [0.29, 0.717) is 6.04 Å². The molecular formula is C12H19N. The lowest BCUT2D eigenvalue weighted by Gasteiger charge is -2.14. The Morgan fingerprint density at radius 3 is 2.54 bits per heavy atom. The first-order chi connectivity index (χ1) is 6.27. The van der Waals surface area contributed by atoms with Gasteiger partial charge in [-0.3, -0.25) is 0 Å². The number of rotatable bonds is 4. The molecular weight excluding hydrogens is 158 g/mol. The lowest BCUT2D eigenvalue weighted by molar-refractivity contribution is 0.542. The molecule has 72 valence electrons. The minimum Gasteiger partial charge on any atom is -0.317 e. The van der Waals surface area contributed by atoms with Gasteiger partial charge in [0.25, 0.3) is 0 Å². The van der Waals surface area contributed by atoms with E-state index >= 15 is 0 Å². The monoisotopic (exact) mass is 177 g/mol. The fourth-order valence-corrected chi connectivity index (χ4v) is 1.56. The second kappa shape index (κ2) is 5.03. The molecule has 1 rings (SSSR count). The van der Waals surface area contributed by atoms with Crippen molar-refractivity contribution in [2.24, 2.45) is 0 Å². The van der Waals surface area contributed by atoms with Crippen LogP contribution in [0.1, 0.15) is 24.5 Å². The summed E-state index contributed by atoms with van der Waals surface area (Å²) in [5.41, 5.74) is 2.86. The van der Waals surface area contributed by atoms with Gasteiger partial charge in [-0.2, -0.15) is 0 Å². The van der Waals surface area contributed by atoms with Crippen LogP contribution in [0.15, 0.2) is 24.3 Å². The third kappa shape index (κ3) is 2.85. The Bertz CT molecular complexity index is 251. The molecule has 0 aliphatic rings. The molecule has 0 aliphatic carbocycles. The maximum atomic E-state index is 3.33. The van der Waals surface area contributed by atoms with Gasteiger partial charge in [0.2, 0.25) is 0 Å². The van der Waals surface area contributed by atoms with E-state index in [-0.39, 0.29) is 0 Å². The molecule has 0 saturated carbocycles. The van der Waals surface area contributed by atoms with Gasteiger partial charge in [-0.1, -0.05) is 31.2 Å². The van der Waals surface area contributed by atoms with Crippen LogP contribution in [-0.4, -0.2) is 13.1 Å². The molecule has 0 aromatic heterocycles.